The van der Waals surface area contributed by atoms with E-state index in [0.717, 1.165) is 18.4 Å². The second-order valence-corrected chi connectivity index (χ2v) is 9.36. The van der Waals surface area contributed by atoms with E-state index in [4.69, 9.17) is 5.73 Å². The first-order valence-corrected chi connectivity index (χ1v) is 11.4. The summed E-state index contributed by atoms with van der Waals surface area (Å²) in [7, 11) is -3.52. The van der Waals surface area contributed by atoms with E-state index in [0.29, 0.717) is 41.2 Å². The maximum absolute atomic E-state index is 12.4. The van der Waals surface area contributed by atoms with Crippen molar-refractivity contribution in [3.8, 4) is 22.6 Å². The smallest absolute Gasteiger partial charge is 0.253 e. The highest BCUT2D eigenvalue weighted by Gasteiger charge is 2.28. The summed E-state index contributed by atoms with van der Waals surface area (Å²) in [5.74, 6) is 0.0867. The SMILES string of the molecule is Nc1ncc(-c2ccc(S(=O)(=O)NC3CC3)cc2)nc1-c1cc2c(cn1)C(=O)NCC2. The maximum Gasteiger partial charge on any atom is 0.253 e. The second kappa shape index (κ2) is 7.40. The molecule has 0 atom stereocenters. The van der Waals surface area contributed by atoms with Gasteiger partial charge in [-0.3, -0.25) is 9.78 Å². The number of anilines is 1. The number of aromatic nitrogens is 3. The van der Waals surface area contributed by atoms with Gasteiger partial charge in [0.2, 0.25) is 10.0 Å². The van der Waals surface area contributed by atoms with Crippen molar-refractivity contribution in [2.45, 2.75) is 30.2 Å². The number of rotatable bonds is 5. The molecule has 0 spiro atoms. The van der Waals surface area contributed by atoms with Gasteiger partial charge in [0, 0.05) is 24.3 Å². The maximum atomic E-state index is 12.4. The molecule has 3 heterocycles. The van der Waals surface area contributed by atoms with Crippen LogP contribution in [0.25, 0.3) is 22.6 Å². The molecule has 2 aromatic heterocycles. The van der Waals surface area contributed by atoms with Crippen molar-refractivity contribution >= 4 is 21.7 Å². The number of carbonyl (C=O) groups is 1. The Hall–Kier alpha value is -3.37. The van der Waals surface area contributed by atoms with E-state index in [-0.39, 0.29) is 22.7 Å². The molecule has 1 amide bonds. The molecule has 1 saturated carbocycles. The van der Waals surface area contributed by atoms with Gasteiger partial charge in [0.05, 0.1) is 28.0 Å². The number of fused-ring (bicyclic) bond motifs is 1. The molecule has 4 N–H and O–H groups in total. The number of sulfonamides is 1. The third kappa shape index (κ3) is 3.87. The Morgan fingerprint density at radius 1 is 1.06 bits per heavy atom. The third-order valence-corrected chi connectivity index (χ3v) is 6.85. The summed E-state index contributed by atoms with van der Waals surface area (Å²) in [6, 6.07) is 8.34. The standard InChI is InChI=1S/C21H20N6O3S/c22-20-19(17-9-13-7-8-23-21(28)16(13)10-24-17)26-18(11-25-20)12-1-5-15(6-2-12)31(29,30)27-14-3-4-14/h1-2,5-6,9-11,14,27H,3-4,7-8H2,(H2,22,25)(H,23,28). The zero-order valence-corrected chi connectivity index (χ0v) is 17.3. The molecule has 5 rings (SSSR count). The van der Waals surface area contributed by atoms with Crippen LogP contribution in [0.2, 0.25) is 0 Å². The van der Waals surface area contributed by atoms with E-state index in [1.165, 1.54) is 12.4 Å². The van der Waals surface area contributed by atoms with Gasteiger partial charge < -0.3 is 11.1 Å². The fourth-order valence-corrected chi connectivity index (χ4v) is 4.77. The molecule has 0 radical (unpaired) electrons. The topological polar surface area (TPSA) is 140 Å². The summed E-state index contributed by atoms with van der Waals surface area (Å²) in [5, 5.41) is 2.79. The fraction of sp³-hybridized carbons (Fsp3) is 0.238. The van der Waals surface area contributed by atoms with Crippen molar-refractivity contribution < 1.29 is 13.2 Å². The highest BCUT2D eigenvalue weighted by atomic mass is 32.2. The van der Waals surface area contributed by atoms with Crippen molar-refractivity contribution in [1.29, 1.82) is 0 Å². The number of pyridine rings is 1. The van der Waals surface area contributed by atoms with Crippen LogP contribution in [0.1, 0.15) is 28.8 Å². The van der Waals surface area contributed by atoms with Crippen LogP contribution in [0.15, 0.2) is 47.6 Å². The predicted octanol–water partition coefficient (Wildman–Crippen LogP) is 1.51. The highest BCUT2D eigenvalue weighted by Crippen LogP contribution is 2.28. The van der Waals surface area contributed by atoms with E-state index in [9.17, 15) is 13.2 Å². The van der Waals surface area contributed by atoms with Crippen LogP contribution in [0.5, 0.6) is 0 Å². The zero-order chi connectivity index (χ0) is 21.6. The fourth-order valence-electron chi connectivity index (χ4n) is 3.46. The first-order valence-electron chi connectivity index (χ1n) is 9.93. The van der Waals surface area contributed by atoms with E-state index in [2.05, 4.69) is 25.0 Å². The van der Waals surface area contributed by atoms with Gasteiger partial charge in [-0.1, -0.05) is 12.1 Å². The van der Waals surface area contributed by atoms with Crippen LogP contribution in [-0.4, -0.2) is 41.9 Å². The molecule has 9 nitrogen and oxygen atoms in total. The number of hydrogen-bond donors (Lipinski definition) is 3. The summed E-state index contributed by atoms with van der Waals surface area (Å²) >= 11 is 0. The van der Waals surface area contributed by atoms with E-state index >= 15 is 0 Å². The number of nitrogens with zero attached hydrogens (tertiary/aromatic N) is 3. The minimum atomic E-state index is -3.52. The minimum Gasteiger partial charge on any atom is -0.382 e. The van der Waals surface area contributed by atoms with Crippen LogP contribution in [0.3, 0.4) is 0 Å². The number of carbonyl (C=O) groups excluding carboxylic acids is 1. The number of amides is 1. The largest absolute Gasteiger partial charge is 0.382 e. The summed E-state index contributed by atoms with van der Waals surface area (Å²) < 4.78 is 27.4. The van der Waals surface area contributed by atoms with Gasteiger partial charge in [-0.25, -0.2) is 23.1 Å². The van der Waals surface area contributed by atoms with Crippen molar-refractivity contribution in [1.82, 2.24) is 25.0 Å². The van der Waals surface area contributed by atoms with Crippen LogP contribution >= 0.6 is 0 Å². The minimum absolute atomic E-state index is 0.0467. The third-order valence-electron chi connectivity index (χ3n) is 5.32. The summed E-state index contributed by atoms with van der Waals surface area (Å²) in [6.45, 7) is 0.571. The van der Waals surface area contributed by atoms with Gasteiger partial charge in [0.25, 0.3) is 5.91 Å². The Morgan fingerprint density at radius 2 is 1.84 bits per heavy atom. The van der Waals surface area contributed by atoms with Gasteiger partial charge in [-0.05, 0) is 43.0 Å². The normalized spacial score (nSPS) is 15.9. The lowest BCUT2D eigenvalue weighted by Crippen LogP contribution is -2.31. The molecule has 31 heavy (non-hydrogen) atoms. The van der Waals surface area contributed by atoms with E-state index < -0.39 is 10.0 Å². The molecule has 0 saturated heterocycles. The molecule has 3 aromatic rings. The Balaban J connectivity index is 1.47. The molecule has 2 aliphatic rings. The number of benzene rings is 1. The van der Waals surface area contributed by atoms with Crippen LogP contribution in [0.4, 0.5) is 5.82 Å². The Labute approximate surface area is 179 Å². The molecular weight excluding hydrogens is 416 g/mol. The number of nitrogens with two attached hydrogens (primary N) is 1. The van der Waals surface area contributed by atoms with E-state index in [1.54, 1.807) is 24.3 Å². The van der Waals surface area contributed by atoms with Gasteiger partial charge in [0.1, 0.15) is 5.69 Å². The van der Waals surface area contributed by atoms with Crippen molar-refractivity contribution in [2.24, 2.45) is 0 Å². The molecular formula is C21H20N6O3S. The van der Waals surface area contributed by atoms with Gasteiger partial charge >= 0.3 is 0 Å². The molecule has 1 aliphatic heterocycles. The van der Waals surface area contributed by atoms with Crippen LogP contribution in [-0.2, 0) is 16.4 Å². The van der Waals surface area contributed by atoms with Crippen LogP contribution < -0.4 is 15.8 Å². The van der Waals surface area contributed by atoms with E-state index in [1.807, 2.05) is 6.07 Å². The number of nitrogen functional groups attached to an aromatic ring is 1. The van der Waals surface area contributed by atoms with Gasteiger partial charge in [0.15, 0.2) is 5.82 Å². The first kappa shape index (κ1) is 19.6. The van der Waals surface area contributed by atoms with Crippen LogP contribution in [0, 0.1) is 0 Å². The summed E-state index contributed by atoms with van der Waals surface area (Å²) in [5.41, 5.74) is 9.69. The summed E-state index contributed by atoms with van der Waals surface area (Å²) in [4.78, 5) is 25.4. The molecule has 10 heteroatoms. The average molecular weight is 436 g/mol. The molecule has 0 unspecified atom stereocenters. The second-order valence-electron chi connectivity index (χ2n) is 7.64. The lowest BCUT2D eigenvalue weighted by Gasteiger charge is -2.16. The highest BCUT2D eigenvalue weighted by molar-refractivity contribution is 7.89. The predicted molar refractivity (Wildman–Crippen MR) is 114 cm³/mol. The number of hydrogen-bond acceptors (Lipinski definition) is 7. The Morgan fingerprint density at radius 3 is 2.58 bits per heavy atom. The van der Waals surface area contributed by atoms with Gasteiger partial charge in [-0.15, -0.1) is 0 Å². The Bertz CT molecular complexity index is 1290. The number of nitrogens with one attached hydrogen (secondary N) is 2. The van der Waals surface area contributed by atoms with Gasteiger partial charge in [-0.2, -0.15) is 0 Å². The van der Waals surface area contributed by atoms with Crippen molar-refractivity contribution in [2.75, 3.05) is 12.3 Å². The monoisotopic (exact) mass is 436 g/mol. The summed E-state index contributed by atoms with van der Waals surface area (Å²) in [6.07, 6.45) is 5.52. The van der Waals surface area contributed by atoms with Crippen molar-refractivity contribution in [3.63, 3.8) is 0 Å². The lowest BCUT2D eigenvalue weighted by molar-refractivity contribution is 0.0945. The lowest BCUT2D eigenvalue weighted by atomic mass is 10.0. The molecule has 1 fully saturated rings. The quantitative estimate of drug-likeness (QED) is 0.551. The average Bonchev–Trinajstić information content (AvgIpc) is 3.57. The molecule has 0 bridgehead atoms. The zero-order valence-electron chi connectivity index (χ0n) is 16.5. The Kier molecular flexibility index (Phi) is 4.67. The molecule has 1 aromatic carbocycles. The molecule has 158 valence electrons. The first-order chi connectivity index (χ1) is 14.9. The van der Waals surface area contributed by atoms with Crippen molar-refractivity contribution in [3.05, 3.63) is 53.9 Å². The molecule has 1 aliphatic carbocycles.